The van der Waals surface area contributed by atoms with E-state index in [1.54, 1.807) is 6.07 Å². The fourth-order valence-electron chi connectivity index (χ4n) is 1.91. The van der Waals surface area contributed by atoms with Crippen LogP contribution in [0.5, 0.6) is 5.75 Å². The lowest BCUT2D eigenvalue weighted by Crippen LogP contribution is -2.06. The number of fused-ring (bicyclic) bond motifs is 1. The number of hydrogen-bond acceptors (Lipinski definition) is 4. The first kappa shape index (κ1) is 13.8. The predicted molar refractivity (Wildman–Crippen MR) is 76.7 cm³/mol. The van der Waals surface area contributed by atoms with E-state index in [1.165, 1.54) is 7.11 Å². The number of benzene rings is 1. The van der Waals surface area contributed by atoms with Crippen molar-refractivity contribution in [2.24, 2.45) is 0 Å². The standard InChI is InChI=1S/C14H14BrNO3/c1-4-19-12-7-11(14(17)18-3)16-13-8(2)5-9(15)6-10(12)13/h5-7H,4H2,1-3H3. The number of nitrogens with zero attached hydrogens (tertiary/aromatic N) is 1. The Kier molecular flexibility index (Phi) is 4.04. The Morgan fingerprint density at radius 3 is 2.74 bits per heavy atom. The molecular weight excluding hydrogens is 310 g/mol. The molecule has 0 spiro atoms. The van der Waals surface area contributed by atoms with Crippen LogP contribution < -0.4 is 4.74 Å². The number of halogens is 1. The lowest BCUT2D eigenvalue weighted by molar-refractivity contribution is 0.0594. The molecule has 1 heterocycles. The first-order valence-corrected chi connectivity index (χ1v) is 6.68. The van der Waals surface area contributed by atoms with Gasteiger partial charge in [-0.3, -0.25) is 0 Å². The van der Waals surface area contributed by atoms with Gasteiger partial charge in [-0.2, -0.15) is 0 Å². The van der Waals surface area contributed by atoms with Gasteiger partial charge in [-0.15, -0.1) is 0 Å². The molecule has 0 aliphatic rings. The Hall–Kier alpha value is -1.62. The van der Waals surface area contributed by atoms with Gasteiger partial charge in [0.2, 0.25) is 0 Å². The average Bonchev–Trinajstić information content (AvgIpc) is 2.38. The molecule has 0 saturated carbocycles. The molecule has 0 amide bonds. The molecular formula is C14H14BrNO3. The van der Waals surface area contributed by atoms with Gasteiger partial charge < -0.3 is 9.47 Å². The smallest absolute Gasteiger partial charge is 0.356 e. The molecule has 0 atom stereocenters. The molecule has 1 aromatic heterocycles. The van der Waals surface area contributed by atoms with E-state index in [0.29, 0.717) is 12.4 Å². The number of methoxy groups -OCH3 is 1. The highest BCUT2D eigenvalue weighted by molar-refractivity contribution is 9.10. The number of pyridine rings is 1. The molecule has 2 aromatic rings. The molecule has 0 bridgehead atoms. The van der Waals surface area contributed by atoms with Gasteiger partial charge in [-0.05, 0) is 31.5 Å². The summed E-state index contributed by atoms with van der Waals surface area (Å²) in [6.07, 6.45) is 0. The summed E-state index contributed by atoms with van der Waals surface area (Å²) < 4.78 is 11.3. The van der Waals surface area contributed by atoms with Crippen LogP contribution in [0.4, 0.5) is 0 Å². The molecule has 4 nitrogen and oxygen atoms in total. The van der Waals surface area contributed by atoms with Crippen LogP contribution in [0.3, 0.4) is 0 Å². The van der Waals surface area contributed by atoms with Crippen molar-refractivity contribution < 1.29 is 14.3 Å². The van der Waals surface area contributed by atoms with Crippen LogP contribution in [-0.2, 0) is 4.74 Å². The van der Waals surface area contributed by atoms with Gasteiger partial charge in [0.1, 0.15) is 5.75 Å². The van der Waals surface area contributed by atoms with Gasteiger partial charge in [-0.1, -0.05) is 15.9 Å². The normalized spacial score (nSPS) is 10.5. The summed E-state index contributed by atoms with van der Waals surface area (Å²) in [5, 5.41) is 0.876. The average molecular weight is 324 g/mol. The molecule has 0 aliphatic carbocycles. The molecule has 100 valence electrons. The summed E-state index contributed by atoms with van der Waals surface area (Å²) in [6, 6.07) is 5.50. The first-order valence-electron chi connectivity index (χ1n) is 5.88. The van der Waals surface area contributed by atoms with Crippen LogP contribution in [0, 0.1) is 6.92 Å². The van der Waals surface area contributed by atoms with Crippen LogP contribution in [0.2, 0.25) is 0 Å². The highest BCUT2D eigenvalue weighted by Gasteiger charge is 2.14. The van der Waals surface area contributed by atoms with Crippen LogP contribution in [0.15, 0.2) is 22.7 Å². The van der Waals surface area contributed by atoms with Crippen LogP contribution >= 0.6 is 15.9 Å². The zero-order chi connectivity index (χ0) is 14.0. The molecule has 0 radical (unpaired) electrons. The fraction of sp³-hybridized carbons (Fsp3) is 0.286. The number of rotatable bonds is 3. The van der Waals surface area contributed by atoms with E-state index in [-0.39, 0.29) is 5.69 Å². The second-order valence-corrected chi connectivity index (χ2v) is 4.96. The van der Waals surface area contributed by atoms with E-state index in [0.717, 1.165) is 20.9 Å². The maximum atomic E-state index is 11.6. The summed E-state index contributed by atoms with van der Waals surface area (Å²) in [7, 11) is 1.34. The third-order valence-corrected chi connectivity index (χ3v) is 3.18. The first-order chi connectivity index (χ1) is 9.06. The van der Waals surface area contributed by atoms with Gasteiger partial charge in [0.25, 0.3) is 0 Å². The third kappa shape index (κ3) is 2.71. The number of esters is 1. The topological polar surface area (TPSA) is 48.4 Å². The van der Waals surface area contributed by atoms with Crippen molar-refractivity contribution in [1.82, 2.24) is 4.98 Å². The lowest BCUT2D eigenvalue weighted by Gasteiger charge is -2.11. The van der Waals surface area contributed by atoms with Gasteiger partial charge in [0.05, 0.1) is 19.2 Å². The highest BCUT2D eigenvalue weighted by atomic mass is 79.9. The number of carbonyl (C=O) groups excluding carboxylic acids is 1. The third-order valence-electron chi connectivity index (χ3n) is 2.73. The second kappa shape index (κ2) is 5.57. The Morgan fingerprint density at radius 1 is 1.37 bits per heavy atom. The van der Waals surface area contributed by atoms with Crippen molar-refractivity contribution >= 4 is 32.8 Å². The number of aromatic nitrogens is 1. The quantitative estimate of drug-likeness (QED) is 0.811. The number of hydrogen-bond donors (Lipinski definition) is 0. The Morgan fingerprint density at radius 2 is 2.11 bits per heavy atom. The molecule has 1 aromatic carbocycles. The van der Waals surface area contributed by atoms with Gasteiger partial charge in [0.15, 0.2) is 5.69 Å². The summed E-state index contributed by atoms with van der Waals surface area (Å²) >= 11 is 3.45. The molecule has 0 fully saturated rings. The minimum Gasteiger partial charge on any atom is -0.493 e. The molecule has 5 heteroatoms. The molecule has 0 saturated heterocycles. The maximum Gasteiger partial charge on any atom is 0.356 e. The fourth-order valence-corrected chi connectivity index (χ4v) is 2.48. The van der Waals surface area contributed by atoms with Crippen molar-refractivity contribution in [2.45, 2.75) is 13.8 Å². The largest absolute Gasteiger partial charge is 0.493 e. The predicted octanol–water partition coefficient (Wildman–Crippen LogP) is 3.49. The molecule has 2 rings (SSSR count). The lowest BCUT2D eigenvalue weighted by atomic mass is 10.1. The number of carbonyl (C=O) groups is 1. The molecule has 0 aliphatic heterocycles. The van der Waals surface area contributed by atoms with Crippen molar-refractivity contribution in [1.29, 1.82) is 0 Å². The molecule has 0 unspecified atom stereocenters. The van der Waals surface area contributed by atoms with E-state index in [2.05, 4.69) is 20.9 Å². The Balaban J connectivity index is 2.75. The van der Waals surface area contributed by atoms with Crippen molar-refractivity contribution in [3.8, 4) is 5.75 Å². The van der Waals surface area contributed by atoms with Gasteiger partial charge in [-0.25, -0.2) is 9.78 Å². The van der Waals surface area contributed by atoms with E-state index < -0.39 is 5.97 Å². The summed E-state index contributed by atoms with van der Waals surface area (Å²) in [4.78, 5) is 16.0. The minimum absolute atomic E-state index is 0.254. The zero-order valence-electron chi connectivity index (χ0n) is 11.0. The van der Waals surface area contributed by atoms with Gasteiger partial charge in [0, 0.05) is 15.9 Å². The minimum atomic E-state index is -0.467. The highest BCUT2D eigenvalue weighted by Crippen LogP contribution is 2.31. The van der Waals surface area contributed by atoms with E-state index in [9.17, 15) is 4.79 Å². The summed E-state index contributed by atoms with van der Waals surface area (Å²) in [5.41, 5.74) is 1.97. The van der Waals surface area contributed by atoms with Crippen molar-refractivity contribution in [2.75, 3.05) is 13.7 Å². The molecule has 19 heavy (non-hydrogen) atoms. The SMILES string of the molecule is CCOc1cc(C(=O)OC)nc2c(C)cc(Br)cc12. The second-order valence-electron chi connectivity index (χ2n) is 4.05. The maximum absolute atomic E-state index is 11.6. The summed E-state index contributed by atoms with van der Waals surface area (Å²) in [6.45, 7) is 4.36. The van der Waals surface area contributed by atoms with Crippen LogP contribution in [0.1, 0.15) is 23.0 Å². The van der Waals surface area contributed by atoms with Gasteiger partial charge >= 0.3 is 5.97 Å². The van der Waals surface area contributed by atoms with Crippen molar-refractivity contribution in [3.63, 3.8) is 0 Å². The Labute approximate surface area is 119 Å². The van der Waals surface area contributed by atoms with E-state index in [4.69, 9.17) is 9.47 Å². The monoisotopic (exact) mass is 323 g/mol. The number of aryl methyl sites for hydroxylation is 1. The summed E-state index contributed by atoms with van der Waals surface area (Å²) in [5.74, 6) is 0.169. The van der Waals surface area contributed by atoms with E-state index >= 15 is 0 Å². The Bertz CT molecular complexity index is 640. The zero-order valence-corrected chi connectivity index (χ0v) is 12.6. The molecule has 0 N–H and O–H groups in total. The van der Waals surface area contributed by atoms with Crippen molar-refractivity contribution in [3.05, 3.63) is 33.9 Å². The number of ether oxygens (including phenoxy) is 2. The van der Waals surface area contributed by atoms with Crippen LogP contribution in [-0.4, -0.2) is 24.7 Å². The van der Waals surface area contributed by atoms with Crippen LogP contribution in [0.25, 0.3) is 10.9 Å². The van der Waals surface area contributed by atoms with E-state index in [1.807, 2.05) is 26.0 Å².